The molecule has 0 aromatic heterocycles. The van der Waals surface area contributed by atoms with Crippen molar-refractivity contribution in [3.05, 3.63) is 65.5 Å². The monoisotopic (exact) mass is 435 g/mol. The number of hydrogen-bond donors (Lipinski definition) is 2. The minimum absolute atomic E-state index is 0.0559. The highest BCUT2D eigenvalue weighted by Crippen LogP contribution is 2.22. The third-order valence-corrected chi connectivity index (χ3v) is 6.48. The van der Waals surface area contributed by atoms with Crippen molar-refractivity contribution >= 4 is 21.8 Å². The Morgan fingerprint density at radius 2 is 1.70 bits per heavy atom. The molecule has 10 heteroatoms. The molecule has 1 saturated heterocycles. The SMILES string of the molecule is Cc1ccc(S(=O)(=O)N2CCO[C@@H]2CNC(=O)C(=O)NCc2ccc(F)cc2)cc1. The van der Waals surface area contributed by atoms with Gasteiger partial charge in [-0.15, -0.1) is 0 Å². The molecule has 0 radical (unpaired) electrons. The summed E-state index contributed by atoms with van der Waals surface area (Å²) in [7, 11) is -3.80. The molecule has 2 amide bonds. The summed E-state index contributed by atoms with van der Waals surface area (Å²) in [6.07, 6.45) is -0.912. The van der Waals surface area contributed by atoms with E-state index in [1.54, 1.807) is 12.1 Å². The van der Waals surface area contributed by atoms with E-state index in [2.05, 4.69) is 10.6 Å². The van der Waals surface area contributed by atoms with Gasteiger partial charge >= 0.3 is 11.8 Å². The average molecular weight is 435 g/mol. The van der Waals surface area contributed by atoms with Gasteiger partial charge in [0, 0.05) is 13.1 Å². The van der Waals surface area contributed by atoms with Crippen molar-refractivity contribution in [2.75, 3.05) is 19.7 Å². The molecule has 1 atom stereocenters. The predicted molar refractivity (Wildman–Crippen MR) is 106 cm³/mol. The van der Waals surface area contributed by atoms with E-state index in [0.29, 0.717) is 5.56 Å². The van der Waals surface area contributed by atoms with Gasteiger partial charge in [-0.3, -0.25) is 9.59 Å². The van der Waals surface area contributed by atoms with Crippen molar-refractivity contribution in [2.45, 2.75) is 24.6 Å². The number of carbonyl (C=O) groups is 2. The number of nitrogens with zero attached hydrogens (tertiary/aromatic N) is 1. The minimum atomic E-state index is -3.80. The quantitative estimate of drug-likeness (QED) is 0.657. The van der Waals surface area contributed by atoms with Crippen molar-refractivity contribution in [3.63, 3.8) is 0 Å². The van der Waals surface area contributed by atoms with Gasteiger partial charge in [0.2, 0.25) is 10.0 Å². The van der Waals surface area contributed by atoms with Crippen LogP contribution in [-0.2, 0) is 30.9 Å². The summed E-state index contributed by atoms with van der Waals surface area (Å²) in [4.78, 5) is 24.1. The summed E-state index contributed by atoms with van der Waals surface area (Å²) in [5, 5.41) is 4.81. The van der Waals surface area contributed by atoms with Crippen LogP contribution in [0, 0.1) is 12.7 Å². The number of carbonyl (C=O) groups excluding carboxylic acids is 2. The van der Waals surface area contributed by atoms with E-state index >= 15 is 0 Å². The number of rotatable bonds is 6. The molecule has 8 nitrogen and oxygen atoms in total. The minimum Gasteiger partial charge on any atom is -0.359 e. The Bertz CT molecular complexity index is 1010. The summed E-state index contributed by atoms with van der Waals surface area (Å²) >= 11 is 0. The van der Waals surface area contributed by atoms with E-state index in [9.17, 15) is 22.4 Å². The molecular weight excluding hydrogens is 413 g/mol. The van der Waals surface area contributed by atoms with Gasteiger partial charge in [0.1, 0.15) is 12.0 Å². The first-order chi connectivity index (χ1) is 14.3. The molecule has 0 aliphatic carbocycles. The lowest BCUT2D eigenvalue weighted by molar-refractivity contribution is -0.139. The number of hydrogen-bond acceptors (Lipinski definition) is 5. The number of benzene rings is 2. The van der Waals surface area contributed by atoms with E-state index in [0.717, 1.165) is 9.87 Å². The van der Waals surface area contributed by atoms with Crippen LogP contribution in [0.4, 0.5) is 4.39 Å². The third kappa shape index (κ3) is 5.21. The molecule has 30 heavy (non-hydrogen) atoms. The predicted octanol–water partition coefficient (Wildman–Crippen LogP) is 0.914. The van der Waals surface area contributed by atoms with Crippen molar-refractivity contribution in [1.29, 1.82) is 0 Å². The summed E-state index contributed by atoms with van der Waals surface area (Å²) in [5.41, 5.74) is 1.56. The standard InChI is InChI=1S/C20H22FN3O5S/c1-14-2-8-17(9-3-14)30(27,28)24-10-11-29-18(24)13-23-20(26)19(25)22-12-15-4-6-16(21)7-5-15/h2-9,18H,10-13H2,1H3,(H,22,25)(H,23,26)/t18-/m1/s1. The molecule has 1 fully saturated rings. The Kier molecular flexibility index (Phi) is 6.80. The van der Waals surface area contributed by atoms with Gasteiger partial charge in [0.05, 0.1) is 18.0 Å². The first-order valence-electron chi connectivity index (χ1n) is 9.28. The lowest BCUT2D eigenvalue weighted by atomic mass is 10.2. The van der Waals surface area contributed by atoms with Gasteiger partial charge in [0.25, 0.3) is 0 Å². The Morgan fingerprint density at radius 1 is 1.07 bits per heavy atom. The van der Waals surface area contributed by atoms with E-state index in [4.69, 9.17) is 4.74 Å². The Hall–Kier alpha value is -2.82. The van der Waals surface area contributed by atoms with E-state index < -0.39 is 33.9 Å². The maximum atomic E-state index is 12.9. The van der Waals surface area contributed by atoms with E-state index in [-0.39, 0.29) is 31.1 Å². The number of halogens is 1. The lowest BCUT2D eigenvalue weighted by Gasteiger charge is -2.22. The van der Waals surface area contributed by atoms with Crippen LogP contribution in [-0.4, -0.2) is 50.5 Å². The number of nitrogens with one attached hydrogen (secondary N) is 2. The summed E-state index contributed by atoms with van der Waals surface area (Å²) < 4.78 is 45.2. The molecular formula is C20H22FN3O5S. The summed E-state index contributed by atoms with van der Waals surface area (Å²) in [5.74, 6) is -2.20. The second kappa shape index (κ2) is 9.33. The van der Waals surface area contributed by atoms with Crippen molar-refractivity contribution in [3.8, 4) is 0 Å². The fraction of sp³-hybridized carbons (Fsp3) is 0.300. The topological polar surface area (TPSA) is 105 Å². The molecule has 1 heterocycles. The molecule has 0 bridgehead atoms. The molecule has 2 N–H and O–H groups in total. The molecule has 1 aliphatic rings. The van der Waals surface area contributed by atoms with Gasteiger partial charge in [-0.25, -0.2) is 12.8 Å². The zero-order chi connectivity index (χ0) is 21.7. The molecule has 1 aliphatic heterocycles. The largest absolute Gasteiger partial charge is 0.359 e. The first-order valence-corrected chi connectivity index (χ1v) is 10.7. The van der Waals surface area contributed by atoms with Crippen LogP contribution >= 0.6 is 0 Å². The Balaban J connectivity index is 1.54. The molecule has 160 valence electrons. The van der Waals surface area contributed by atoms with Gasteiger partial charge in [-0.2, -0.15) is 4.31 Å². The van der Waals surface area contributed by atoms with Gasteiger partial charge in [-0.1, -0.05) is 29.8 Å². The van der Waals surface area contributed by atoms with Gasteiger partial charge in [0.15, 0.2) is 0 Å². The highest BCUT2D eigenvalue weighted by molar-refractivity contribution is 7.89. The second-order valence-electron chi connectivity index (χ2n) is 6.77. The maximum absolute atomic E-state index is 12.9. The average Bonchev–Trinajstić information content (AvgIpc) is 3.21. The molecule has 2 aromatic rings. The molecule has 0 spiro atoms. The Labute approximate surface area is 174 Å². The number of aryl methyl sites for hydroxylation is 1. The van der Waals surface area contributed by atoms with Crippen molar-refractivity contribution in [2.24, 2.45) is 0 Å². The van der Waals surface area contributed by atoms with Crippen LogP contribution in [0.1, 0.15) is 11.1 Å². The lowest BCUT2D eigenvalue weighted by Crippen LogP contribution is -2.47. The maximum Gasteiger partial charge on any atom is 0.309 e. The van der Waals surface area contributed by atoms with Crippen LogP contribution in [0.25, 0.3) is 0 Å². The summed E-state index contributed by atoms with van der Waals surface area (Å²) in [6, 6.07) is 11.9. The molecule has 3 rings (SSSR count). The summed E-state index contributed by atoms with van der Waals surface area (Å²) in [6.45, 7) is 2.07. The zero-order valence-corrected chi connectivity index (χ0v) is 17.1. The first kappa shape index (κ1) is 21.9. The number of amides is 2. The van der Waals surface area contributed by atoms with Crippen LogP contribution in [0.3, 0.4) is 0 Å². The third-order valence-electron chi connectivity index (χ3n) is 4.58. The van der Waals surface area contributed by atoms with Crippen LogP contribution in [0.15, 0.2) is 53.4 Å². The number of sulfonamides is 1. The van der Waals surface area contributed by atoms with E-state index in [1.807, 2.05) is 6.92 Å². The normalized spacial score (nSPS) is 16.9. The second-order valence-corrected chi connectivity index (χ2v) is 8.66. The van der Waals surface area contributed by atoms with Crippen LogP contribution in [0.5, 0.6) is 0 Å². The fourth-order valence-corrected chi connectivity index (χ4v) is 4.42. The van der Waals surface area contributed by atoms with Crippen molar-refractivity contribution in [1.82, 2.24) is 14.9 Å². The smallest absolute Gasteiger partial charge is 0.309 e. The van der Waals surface area contributed by atoms with Crippen LogP contribution < -0.4 is 10.6 Å². The Morgan fingerprint density at radius 3 is 2.37 bits per heavy atom. The molecule has 0 unspecified atom stereocenters. The van der Waals surface area contributed by atoms with E-state index in [1.165, 1.54) is 36.4 Å². The number of ether oxygens (including phenoxy) is 1. The molecule has 0 saturated carbocycles. The van der Waals surface area contributed by atoms with Gasteiger partial charge < -0.3 is 15.4 Å². The zero-order valence-electron chi connectivity index (χ0n) is 16.3. The van der Waals surface area contributed by atoms with Gasteiger partial charge in [-0.05, 0) is 36.8 Å². The fourth-order valence-electron chi connectivity index (χ4n) is 2.91. The highest BCUT2D eigenvalue weighted by Gasteiger charge is 2.36. The molecule has 2 aromatic carbocycles. The van der Waals surface area contributed by atoms with Crippen molar-refractivity contribution < 1.29 is 27.1 Å². The highest BCUT2D eigenvalue weighted by atomic mass is 32.2. The van der Waals surface area contributed by atoms with Crippen LogP contribution in [0.2, 0.25) is 0 Å².